The van der Waals surface area contributed by atoms with E-state index in [-0.39, 0.29) is 29.3 Å². The van der Waals surface area contributed by atoms with Crippen LogP contribution in [0.3, 0.4) is 0 Å². The topological polar surface area (TPSA) is 34.1 Å². The number of carbonyl (C=O) groups is 2. The van der Waals surface area contributed by atoms with Gasteiger partial charge < -0.3 is 0 Å². The fraction of sp³-hybridized carbons (Fsp3) is 0.143. The molecule has 6 heteroatoms. The average Bonchev–Trinajstić information content (AvgIpc) is 3.04. The second-order valence-corrected chi connectivity index (χ2v) is 5.94. The molecule has 0 N–H and O–H groups in total. The Kier molecular flexibility index (Phi) is 9.45. The van der Waals surface area contributed by atoms with Crippen molar-refractivity contribution in [1.82, 2.24) is 0 Å². The van der Waals surface area contributed by atoms with Crippen molar-refractivity contribution in [3.63, 3.8) is 0 Å². The minimum atomic E-state index is -2.01. The van der Waals surface area contributed by atoms with E-state index in [0.29, 0.717) is 5.57 Å². The van der Waals surface area contributed by atoms with Gasteiger partial charge in [-0.2, -0.15) is 0 Å². The number of hydrogen-bond donors (Lipinski definition) is 0. The smallest absolute Gasteiger partial charge is 0.249 e. The maximum Gasteiger partial charge on any atom is 0.249 e. The van der Waals surface area contributed by atoms with Gasteiger partial charge in [0.15, 0.2) is 11.6 Å². The largest absolute Gasteiger partial charge is 0.294 e. The van der Waals surface area contributed by atoms with Crippen LogP contribution in [-0.4, -0.2) is 15.4 Å². The van der Waals surface area contributed by atoms with Gasteiger partial charge in [0.1, 0.15) is 0 Å². The van der Waals surface area contributed by atoms with E-state index in [1.807, 2.05) is 30.7 Å². The Morgan fingerprint density at radius 3 is 1.90 bits per heavy atom. The average molecular weight is 373 g/mol. The van der Waals surface area contributed by atoms with Crippen LogP contribution in [0.2, 0.25) is 0 Å². The van der Waals surface area contributed by atoms with Gasteiger partial charge in [-0.25, -0.2) is 0 Å². The fourth-order valence-electron chi connectivity index (χ4n) is 1.23. The molecular weight excluding hydrogens is 362 g/mol. The number of alkyl halides is 3. The minimum absolute atomic E-state index is 0. The van der Waals surface area contributed by atoms with Gasteiger partial charge in [0, 0.05) is 35.5 Å². The summed E-state index contributed by atoms with van der Waals surface area (Å²) in [5.41, 5.74) is 0.451. The van der Waals surface area contributed by atoms with Crippen molar-refractivity contribution in [2.75, 3.05) is 0 Å². The zero-order valence-electron chi connectivity index (χ0n) is 10.2. The third-order valence-corrected chi connectivity index (χ3v) is 2.81. The molecule has 2 aliphatic carbocycles. The molecule has 0 aromatic rings. The monoisotopic (exact) mass is 372 g/mol. The molecule has 0 heterocycles. The summed E-state index contributed by atoms with van der Waals surface area (Å²) >= 11 is 16.0. The molecule has 0 fully saturated rings. The Hall–Kier alpha value is -0.311. The van der Waals surface area contributed by atoms with Crippen LogP contribution in [0.1, 0.15) is 6.42 Å². The molecule has 0 amide bonds. The molecule has 2 radical (unpaired) electrons. The first-order valence-corrected chi connectivity index (χ1v) is 6.56. The van der Waals surface area contributed by atoms with E-state index in [2.05, 4.69) is 0 Å². The molecule has 0 unspecified atom stereocenters. The molecule has 20 heavy (non-hydrogen) atoms. The van der Waals surface area contributed by atoms with Crippen LogP contribution in [0.15, 0.2) is 48.1 Å². The van der Waals surface area contributed by atoms with E-state index in [9.17, 15) is 9.59 Å². The minimum Gasteiger partial charge on any atom is -0.294 e. The van der Waals surface area contributed by atoms with Crippen molar-refractivity contribution in [1.29, 1.82) is 0 Å². The van der Waals surface area contributed by atoms with Crippen molar-refractivity contribution in [3.05, 3.63) is 60.9 Å². The molecule has 2 rings (SSSR count). The maximum absolute atomic E-state index is 11.4. The van der Waals surface area contributed by atoms with E-state index in [1.54, 1.807) is 24.6 Å². The van der Waals surface area contributed by atoms with Gasteiger partial charge in [0.25, 0.3) is 0 Å². The van der Waals surface area contributed by atoms with Crippen LogP contribution in [0.4, 0.5) is 0 Å². The molecule has 0 saturated heterocycles. The summed E-state index contributed by atoms with van der Waals surface area (Å²) in [6.45, 7) is 0. The van der Waals surface area contributed by atoms with E-state index in [4.69, 9.17) is 34.8 Å². The zero-order chi connectivity index (χ0) is 14.3. The molecule has 0 bridgehead atoms. The summed E-state index contributed by atoms with van der Waals surface area (Å²) in [6, 6.07) is 0. The molecule has 0 spiro atoms. The SMILES string of the molecule is O=C(CC(=O)C(Cl)(Cl)Cl)C1=C[CH]C=C1.[CH]1C=CC=C1.[Fe]. The summed E-state index contributed by atoms with van der Waals surface area (Å²) in [4.78, 5) is 22.5. The van der Waals surface area contributed by atoms with Gasteiger partial charge in [0.05, 0.1) is 6.42 Å². The van der Waals surface area contributed by atoms with Crippen LogP contribution in [0.5, 0.6) is 0 Å². The summed E-state index contributed by atoms with van der Waals surface area (Å²) in [5, 5.41) is 0. The Labute approximate surface area is 144 Å². The second-order valence-electron chi connectivity index (χ2n) is 3.66. The predicted molar refractivity (Wildman–Crippen MR) is 79.0 cm³/mol. The number of carbonyl (C=O) groups excluding carboxylic acids is 2. The summed E-state index contributed by atoms with van der Waals surface area (Å²) in [7, 11) is 0. The molecular formula is C14H11Cl3FeO2. The number of halogens is 3. The fourth-order valence-corrected chi connectivity index (χ4v) is 1.43. The normalized spacial score (nSPS) is 15.2. The molecule has 0 saturated carbocycles. The Balaban J connectivity index is 0.000000507. The number of rotatable bonds is 3. The van der Waals surface area contributed by atoms with E-state index >= 15 is 0 Å². The van der Waals surface area contributed by atoms with E-state index < -0.39 is 9.58 Å². The van der Waals surface area contributed by atoms with Crippen LogP contribution in [0.25, 0.3) is 0 Å². The molecule has 0 atom stereocenters. The van der Waals surface area contributed by atoms with Gasteiger partial charge in [-0.1, -0.05) is 77.3 Å². The van der Waals surface area contributed by atoms with Crippen molar-refractivity contribution >= 4 is 46.4 Å². The third kappa shape index (κ3) is 7.47. The summed E-state index contributed by atoms with van der Waals surface area (Å²) in [6.07, 6.45) is 16.2. The van der Waals surface area contributed by atoms with Crippen molar-refractivity contribution in [2.24, 2.45) is 0 Å². The quantitative estimate of drug-likeness (QED) is 0.427. The van der Waals surface area contributed by atoms with Gasteiger partial charge in [-0.15, -0.1) is 0 Å². The van der Waals surface area contributed by atoms with Crippen LogP contribution in [0, 0.1) is 12.8 Å². The van der Waals surface area contributed by atoms with Crippen LogP contribution in [-0.2, 0) is 26.7 Å². The number of allylic oxidation sites excluding steroid dienone is 8. The van der Waals surface area contributed by atoms with Gasteiger partial charge in [-0.3, -0.25) is 9.59 Å². The maximum atomic E-state index is 11.4. The first-order chi connectivity index (χ1) is 8.91. The molecule has 0 aromatic heterocycles. The van der Waals surface area contributed by atoms with E-state index in [0.717, 1.165) is 0 Å². The second kappa shape index (κ2) is 9.59. The molecule has 0 aromatic carbocycles. The molecule has 2 nitrogen and oxygen atoms in total. The first kappa shape index (κ1) is 19.7. The van der Waals surface area contributed by atoms with Crippen molar-refractivity contribution in [3.8, 4) is 0 Å². The summed E-state index contributed by atoms with van der Waals surface area (Å²) < 4.78 is -2.01. The number of Topliss-reactive ketones (excluding diaryl/α,β-unsaturated/α-hetero) is 2. The van der Waals surface area contributed by atoms with Gasteiger partial charge >= 0.3 is 0 Å². The zero-order valence-corrected chi connectivity index (χ0v) is 13.6. The first-order valence-electron chi connectivity index (χ1n) is 5.43. The van der Waals surface area contributed by atoms with Crippen molar-refractivity contribution < 1.29 is 26.7 Å². The van der Waals surface area contributed by atoms with Crippen LogP contribution >= 0.6 is 34.8 Å². The van der Waals surface area contributed by atoms with Gasteiger partial charge in [0.2, 0.25) is 3.79 Å². The van der Waals surface area contributed by atoms with Crippen LogP contribution < -0.4 is 0 Å². The van der Waals surface area contributed by atoms with Gasteiger partial charge in [-0.05, 0) is 0 Å². The standard InChI is InChI=1S/C9H6Cl3O2.C5H5.Fe/c10-9(11,12)8(14)5-7(13)6-3-1-2-4-6;1-2-4-5-3-1;/h1-4H,5H2;1-5H;. The molecule has 108 valence electrons. The number of hydrogen-bond acceptors (Lipinski definition) is 2. The Bertz CT molecular complexity index is 461. The molecule has 2 aliphatic rings. The van der Waals surface area contributed by atoms with E-state index in [1.165, 1.54) is 0 Å². The summed E-state index contributed by atoms with van der Waals surface area (Å²) in [5.74, 6) is -1.06. The Morgan fingerprint density at radius 2 is 1.55 bits per heavy atom. The molecule has 0 aliphatic heterocycles. The Morgan fingerprint density at radius 1 is 0.950 bits per heavy atom. The third-order valence-electron chi connectivity index (χ3n) is 2.18. The number of ketones is 2. The van der Waals surface area contributed by atoms with Crippen molar-refractivity contribution in [2.45, 2.75) is 10.2 Å². The predicted octanol–water partition coefficient (Wildman–Crippen LogP) is 3.90.